The zero-order chi connectivity index (χ0) is 21.5. The maximum atomic E-state index is 12.2. The molecule has 5 rings (SSSR count). The highest BCUT2D eigenvalue weighted by atomic mass is 16.5. The second-order valence-electron chi connectivity index (χ2n) is 10.1. The van der Waals surface area contributed by atoms with Crippen LogP contribution in [0.1, 0.15) is 57.1 Å². The van der Waals surface area contributed by atoms with Crippen LogP contribution >= 0.6 is 0 Å². The van der Waals surface area contributed by atoms with E-state index >= 15 is 0 Å². The topological polar surface area (TPSA) is 100 Å². The van der Waals surface area contributed by atoms with Gasteiger partial charge in [-0.05, 0) is 76.2 Å². The molecule has 4 aliphatic rings. The number of hydrogen-bond donors (Lipinski definition) is 2. The van der Waals surface area contributed by atoms with Crippen molar-refractivity contribution in [3.8, 4) is 6.19 Å². The molecule has 4 bridgehead atoms. The van der Waals surface area contributed by atoms with Crippen molar-refractivity contribution in [2.45, 2.75) is 71.1 Å². The number of ether oxygens (including phenoxy) is 1. The monoisotopic (exact) mass is 408 g/mol. The lowest BCUT2D eigenvalue weighted by molar-refractivity contribution is -0.145. The molecule has 4 saturated carbocycles. The van der Waals surface area contributed by atoms with Crippen LogP contribution in [0, 0.1) is 41.5 Å². The normalized spacial score (nSPS) is 32.7. The minimum absolute atomic E-state index is 0.131. The number of carbonyl (C=O) groups is 1. The van der Waals surface area contributed by atoms with Gasteiger partial charge in [0.1, 0.15) is 11.4 Å². The van der Waals surface area contributed by atoms with Gasteiger partial charge < -0.3 is 15.8 Å². The standard InChI is InChI=1S/C24H32N4O2/c1-15-5-4-6-16(7-15)13-30-23(2,3)22(27-14-25)28-20-18-8-17-9-19(20)12-24(10-17,11-18)21(26)29/h4-7,17-20H,8-13H2,1-3H3,(H2,26,29)(H,27,28). The van der Waals surface area contributed by atoms with E-state index in [1.54, 1.807) is 0 Å². The molecular formula is C24H32N4O2. The summed E-state index contributed by atoms with van der Waals surface area (Å²) in [6.45, 7) is 6.41. The van der Waals surface area contributed by atoms with Crippen LogP contribution in [0.15, 0.2) is 29.3 Å². The summed E-state index contributed by atoms with van der Waals surface area (Å²) in [5.41, 5.74) is 7.05. The van der Waals surface area contributed by atoms with Crippen LogP contribution in [0.3, 0.4) is 0 Å². The van der Waals surface area contributed by atoms with Gasteiger partial charge in [-0.15, -0.1) is 0 Å². The number of amidine groups is 1. The molecule has 0 radical (unpaired) electrons. The van der Waals surface area contributed by atoms with E-state index in [1.165, 1.54) is 5.56 Å². The summed E-state index contributed by atoms with van der Waals surface area (Å²) in [5, 5.41) is 12.9. The molecule has 6 nitrogen and oxygen atoms in total. The highest BCUT2D eigenvalue weighted by molar-refractivity contribution is 5.91. The van der Waals surface area contributed by atoms with Gasteiger partial charge in [0.05, 0.1) is 6.61 Å². The van der Waals surface area contributed by atoms with Crippen LogP contribution in [0.2, 0.25) is 0 Å². The van der Waals surface area contributed by atoms with E-state index < -0.39 is 5.60 Å². The third-order valence-electron chi connectivity index (χ3n) is 7.51. The van der Waals surface area contributed by atoms with Crippen LogP contribution < -0.4 is 11.1 Å². The Labute approximate surface area is 178 Å². The van der Waals surface area contributed by atoms with E-state index in [4.69, 9.17) is 10.5 Å². The molecule has 0 heterocycles. The summed E-state index contributed by atoms with van der Waals surface area (Å²) in [4.78, 5) is 16.3. The lowest BCUT2D eigenvalue weighted by atomic mass is 9.47. The van der Waals surface area contributed by atoms with Crippen molar-refractivity contribution in [2.24, 2.45) is 33.9 Å². The summed E-state index contributed by atoms with van der Waals surface area (Å²) >= 11 is 0. The zero-order valence-corrected chi connectivity index (χ0v) is 18.1. The van der Waals surface area contributed by atoms with Gasteiger partial charge in [-0.1, -0.05) is 29.8 Å². The molecule has 1 amide bonds. The average Bonchev–Trinajstić information content (AvgIpc) is 2.68. The van der Waals surface area contributed by atoms with Gasteiger partial charge in [0.25, 0.3) is 0 Å². The van der Waals surface area contributed by atoms with Gasteiger partial charge in [0.15, 0.2) is 0 Å². The fourth-order valence-corrected chi connectivity index (χ4v) is 6.24. The van der Waals surface area contributed by atoms with Crippen molar-refractivity contribution in [1.29, 1.82) is 5.26 Å². The van der Waals surface area contributed by atoms with E-state index in [-0.39, 0.29) is 17.4 Å². The predicted molar refractivity (Wildman–Crippen MR) is 115 cm³/mol. The highest BCUT2D eigenvalue weighted by Crippen LogP contribution is 2.60. The van der Waals surface area contributed by atoms with Gasteiger partial charge in [-0.2, -0.15) is 10.3 Å². The maximum Gasteiger partial charge on any atom is 0.223 e. The molecule has 1 aromatic rings. The third-order valence-corrected chi connectivity index (χ3v) is 7.51. The van der Waals surface area contributed by atoms with Gasteiger partial charge in [0.2, 0.25) is 12.1 Å². The van der Waals surface area contributed by atoms with E-state index in [9.17, 15) is 10.1 Å². The molecule has 30 heavy (non-hydrogen) atoms. The van der Waals surface area contributed by atoms with Gasteiger partial charge >= 0.3 is 0 Å². The Bertz CT molecular complexity index is 885. The number of aliphatic imine (C=N–C) groups is 1. The number of benzene rings is 1. The number of amides is 1. The number of rotatable bonds is 6. The lowest BCUT2D eigenvalue weighted by Crippen LogP contribution is -2.63. The summed E-state index contributed by atoms with van der Waals surface area (Å²) < 4.78 is 6.22. The summed E-state index contributed by atoms with van der Waals surface area (Å²) in [7, 11) is 0. The van der Waals surface area contributed by atoms with Crippen molar-refractivity contribution in [1.82, 2.24) is 5.32 Å². The van der Waals surface area contributed by atoms with Crippen molar-refractivity contribution >= 4 is 11.7 Å². The highest BCUT2D eigenvalue weighted by Gasteiger charge is 2.58. The molecule has 0 saturated heterocycles. The Morgan fingerprint density at radius 1 is 1.33 bits per heavy atom. The van der Waals surface area contributed by atoms with Gasteiger partial charge in [-0.3, -0.25) is 4.79 Å². The molecule has 1 aromatic carbocycles. The quantitative estimate of drug-likeness (QED) is 0.428. The molecule has 2 unspecified atom stereocenters. The Morgan fingerprint density at radius 3 is 2.63 bits per heavy atom. The van der Waals surface area contributed by atoms with Crippen molar-refractivity contribution < 1.29 is 9.53 Å². The van der Waals surface area contributed by atoms with Crippen LogP contribution in [0.5, 0.6) is 0 Å². The maximum absolute atomic E-state index is 12.2. The Kier molecular flexibility index (Phi) is 5.36. The van der Waals surface area contributed by atoms with Crippen molar-refractivity contribution in [3.05, 3.63) is 35.4 Å². The van der Waals surface area contributed by atoms with Crippen LogP contribution in [-0.4, -0.2) is 23.4 Å². The first-order valence-corrected chi connectivity index (χ1v) is 11.0. The number of nitrogens with two attached hydrogens (primary N) is 1. The number of carbonyl (C=O) groups excluding carboxylic acids is 1. The Hall–Kier alpha value is -2.39. The number of nitrogens with one attached hydrogen (secondary N) is 1. The van der Waals surface area contributed by atoms with Crippen molar-refractivity contribution in [3.63, 3.8) is 0 Å². The number of primary amides is 1. The molecule has 2 atom stereocenters. The largest absolute Gasteiger partial charge is 0.369 e. The lowest BCUT2D eigenvalue weighted by Gasteiger charge is -2.59. The van der Waals surface area contributed by atoms with Gasteiger partial charge in [0, 0.05) is 11.5 Å². The molecular weight excluding hydrogens is 376 g/mol. The first-order valence-electron chi connectivity index (χ1n) is 11.0. The molecule has 0 spiro atoms. The van der Waals surface area contributed by atoms with Crippen LogP contribution in [0.25, 0.3) is 0 Å². The molecule has 4 aliphatic carbocycles. The Morgan fingerprint density at radius 2 is 2.03 bits per heavy atom. The number of nitrogens with zero attached hydrogens (tertiary/aromatic N) is 2. The molecule has 6 heteroatoms. The summed E-state index contributed by atoms with van der Waals surface area (Å²) in [6, 6.07) is 8.43. The first kappa shape index (κ1) is 20.9. The SMILES string of the molecule is Cc1cccc(COC(C)(C)/C(=N\C#N)NC2C3CC4CC2CC(C(N)=O)(C4)C3)c1. The molecule has 4 fully saturated rings. The third kappa shape index (κ3) is 3.83. The molecule has 3 N–H and O–H groups in total. The van der Waals surface area contributed by atoms with Crippen LogP contribution in [-0.2, 0) is 16.1 Å². The first-order chi connectivity index (χ1) is 14.2. The minimum atomic E-state index is -0.727. The summed E-state index contributed by atoms with van der Waals surface area (Å²) in [6.07, 6.45) is 6.83. The fourth-order valence-electron chi connectivity index (χ4n) is 6.24. The van der Waals surface area contributed by atoms with E-state index in [0.717, 1.165) is 37.7 Å². The second kappa shape index (κ2) is 7.70. The van der Waals surface area contributed by atoms with E-state index in [2.05, 4.69) is 29.4 Å². The average molecular weight is 409 g/mol. The molecule has 160 valence electrons. The van der Waals surface area contributed by atoms with Crippen molar-refractivity contribution in [2.75, 3.05) is 0 Å². The number of hydrogen-bond acceptors (Lipinski definition) is 4. The molecule has 0 aromatic heterocycles. The van der Waals surface area contributed by atoms with Gasteiger partial charge in [-0.25, -0.2) is 0 Å². The van der Waals surface area contributed by atoms with E-state index in [0.29, 0.717) is 30.2 Å². The van der Waals surface area contributed by atoms with E-state index in [1.807, 2.05) is 32.2 Å². The molecule has 0 aliphatic heterocycles. The minimum Gasteiger partial charge on any atom is -0.369 e. The second-order valence-corrected chi connectivity index (χ2v) is 10.1. The zero-order valence-electron chi connectivity index (χ0n) is 18.1. The van der Waals surface area contributed by atoms with Crippen LogP contribution in [0.4, 0.5) is 0 Å². The summed E-state index contributed by atoms with van der Waals surface area (Å²) in [5.74, 6) is 1.81. The predicted octanol–water partition coefficient (Wildman–Crippen LogP) is 3.44. The number of aryl methyl sites for hydroxylation is 1. The fraction of sp³-hybridized carbons (Fsp3) is 0.625. The Balaban J connectivity index is 1.48. The smallest absolute Gasteiger partial charge is 0.223 e. The number of nitriles is 1.